The number of nitrogens with zero attached hydrogens (tertiary/aromatic N) is 1. The number of methoxy groups -OCH3 is 1. The van der Waals surface area contributed by atoms with Gasteiger partial charge in [-0.25, -0.2) is 0 Å². The summed E-state index contributed by atoms with van der Waals surface area (Å²) in [5, 5.41) is 0. The van der Waals surface area contributed by atoms with E-state index in [0.717, 1.165) is 12.1 Å². The lowest BCUT2D eigenvalue weighted by atomic mass is 10.1. The minimum atomic E-state index is -0.159. The molecule has 76 valence electrons. The summed E-state index contributed by atoms with van der Waals surface area (Å²) in [5.74, 6) is -0.233. The normalized spacial score (nSPS) is 12.7. The zero-order valence-electron chi connectivity index (χ0n) is 8.96. The first-order valence-corrected chi connectivity index (χ1v) is 4.38. The van der Waals surface area contributed by atoms with Gasteiger partial charge in [0.1, 0.15) is 0 Å². The van der Waals surface area contributed by atoms with Crippen LogP contribution in [0.1, 0.15) is 13.8 Å². The van der Waals surface area contributed by atoms with Crippen LogP contribution in [0.5, 0.6) is 0 Å². The first-order chi connectivity index (χ1) is 5.97. The highest BCUT2D eigenvalue weighted by atomic mass is 16.5. The number of rotatable bonds is 5. The Bertz CT molecular complexity index is 189. The Morgan fingerprint density at radius 2 is 2.15 bits per heavy atom. The molecule has 0 saturated carbocycles. The van der Waals surface area contributed by atoms with Crippen molar-refractivity contribution in [2.45, 2.75) is 13.8 Å². The number of hydrogen-bond donors (Lipinski definition) is 0. The molecule has 0 radical (unpaired) electrons. The van der Waals surface area contributed by atoms with Crippen molar-refractivity contribution < 1.29 is 9.53 Å². The van der Waals surface area contributed by atoms with Crippen LogP contribution >= 0.6 is 0 Å². The second-order valence-corrected chi connectivity index (χ2v) is 3.58. The van der Waals surface area contributed by atoms with Crippen LogP contribution in [-0.2, 0) is 9.53 Å². The van der Waals surface area contributed by atoms with E-state index in [1.54, 1.807) is 0 Å². The molecule has 0 spiro atoms. The molecule has 0 amide bonds. The van der Waals surface area contributed by atoms with E-state index in [-0.39, 0.29) is 11.9 Å². The van der Waals surface area contributed by atoms with Crippen molar-refractivity contribution in [3.8, 4) is 0 Å². The molecule has 0 aliphatic rings. The zero-order chi connectivity index (χ0) is 10.4. The average molecular weight is 185 g/mol. The molecule has 0 aromatic heterocycles. The predicted molar refractivity (Wildman–Crippen MR) is 53.5 cm³/mol. The van der Waals surface area contributed by atoms with Gasteiger partial charge in [0.15, 0.2) is 0 Å². The number of carbonyl (C=O) groups is 1. The largest absolute Gasteiger partial charge is 0.469 e. The Morgan fingerprint density at radius 1 is 1.62 bits per heavy atom. The van der Waals surface area contributed by atoms with Crippen LogP contribution in [0.25, 0.3) is 0 Å². The first-order valence-electron chi connectivity index (χ1n) is 4.38. The van der Waals surface area contributed by atoms with E-state index in [1.165, 1.54) is 7.11 Å². The highest BCUT2D eigenvalue weighted by molar-refractivity contribution is 5.72. The topological polar surface area (TPSA) is 29.5 Å². The van der Waals surface area contributed by atoms with E-state index in [1.807, 2.05) is 20.9 Å². The molecule has 0 rings (SSSR count). The van der Waals surface area contributed by atoms with Crippen LogP contribution in [0.15, 0.2) is 12.2 Å². The van der Waals surface area contributed by atoms with Gasteiger partial charge in [0.25, 0.3) is 0 Å². The summed E-state index contributed by atoms with van der Waals surface area (Å²) in [4.78, 5) is 13.1. The van der Waals surface area contributed by atoms with E-state index < -0.39 is 0 Å². The number of likely N-dealkylation sites (N-methyl/N-ethyl adjacent to an activating group) is 1. The van der Waals surface area contributed by atoms with Gasteiger partial charge in [0.05, 0.1) is 13.0 Å². The van der Waals surface area contributed by atoms with Gasteiger partial charge < -0.3 is 9.64 Å². The maximum Gasteiger partial charge on any atom is 0.309 e. The fraction of sp³-hybridized carbons (Fsp3) is 0.700. The minimum absolute atomic E-state index is 0.0747. The van der Waals surface area contributed by atoms with Crippen LogP contribution in [0.4, 0.5) is 0 Å². The summed E-state index contributed by atoms with van der Waals surface area (Å²) in [5.41, 5.74) is 1.10. The number of ether oxygens (including phenoxy) is 1. The average Bonchev–Trinajstić information content (AvgIpc) is 2.01. The van der Waals surface area contributed by atoms with Crippen molar-refractivity contribution >= 4 is 5.97 Å². The lowest BCUT2D eigenvalue weighted by molar-refractivity contribution is -0.145. The van der Waals surface area contributed by atoms with E-state index >= 15 is 0 Å². The summed E-state index contributed by atoms with van der Waals surface area (Å²) in [6, 6.07) is 0. The monoisotopic (exact) mass is 185 g/mol. The number of esters is 1. The molecule has 0 aromatic carbocycles. The Morgan fingerprint density at radius 3 is 2.54 bits per heavy atom. The van der Waals surface area contributed by atoms with E-state index in [0.29, 0.717) is 6.54 Å². The van der Waals surface area contributed by atoms with E-state index in [2.05, 4.69) is 16.2 Å². The highest BCUT2D eigenvalue weighted by Crippen LogP contribution is 2.02. The van der Waals surface area contributed by atoms with Gasteiger partial charge in [-0.2, -0.15) is 0 Å². The molecule has 0 saturated heterocycles. The smallest absolute Gasteiger partial charge is 0.309 e. The van der Waals surface area contributed by atoms with Crippen LogP contribution < -0.4 is 0 Å². The van der Waals surface area contributed by atoms with E-state index in [4.69, 9.17) is 0 Å². The number of hydrogen-bond acceptors (Lipinski definition) is 3. The summed E-state index contributed by atoms with van der Waals surface area (Å²) in [6.07, 6.45) is 0. The standard InChI is InChI=1S/C10H19NO2/c1-8(2)6-11(4)7-9(3)10(12)13-5/h9H,1,6-7H2,2-5H3. The molecule has 1 unspecified atom stereocenters. The summed E-state index contributed by atoms with van der Waals surface area (Å²) in [6.45, 7) is 9.17. The fourth-order valence-corrected chi connectivity index (χ4v) is 1.27. The molecule has 0 aliphatic heterocycles. The van der Waals surface area contributed by atoms with Crippen LogP contribution in [0, 0.1) is 5.92 Å². The summed E-state index contributed by atoms with van der Waals surface area (Å²) < 4.78 is 4.63. The Balaban J connectivity index is 3.83. The third-order valence-electron chi connectivity index (χ3n) is 1.73. The molecule has 0 fully saturated rings. The Kier molecular flexibility index (Phi) is 5.39. The molecule has 0 aromatic rings. The number of carbonyl (C=O) groups excluding carboxylic acids is 1. The van der Waals surface area contributed by atoms with Crippen molar-refractivity contribution in [2.24, 2.45) is 5.92 Å². The van der Waals surface area contributed by atoms with Crippen molar-refractivity contribution in [1.82, 2.24) is 4.90 Å². The van der Waals surface area contributed by atoms with Gasteiger partial charge in [0, 0.05) is 13.1 Å². The van der Waals surface area contributed by atoms with Gasteiger partial charge >= 0.3 is 5.97 Å². The Hall–Kier alpha value is -0.830. The van der Waals surface area contributed by atoms with Gasteiger partial charge in [-0.15, -0.1) is 0 Å². The Labute approximate surface area is 80.4 Å². The summed E-state index contributed by atoms with van der Waals surface area (Å²) in [7, 11) is 3.38. The zero-order valence-corrected chi connectivity index (χ0v) is 8.96. The minimum Gasteiger partial charge on any atom is -0.469 e. The quantitative estimate of drug-likeness (QED) is 0.477. The van der Waals surface area contributed by atoms with Crippen LogP contribution in [-0.4, -0.2) is 38.1 Å². The second kappa shape index (κ2) is 5.75. The SMILES string of the molecule is C=C(C)CN(C)CC(C)C(=O)OC. The molecule has 0 N–H and O–H groups in total. The molecule has 13 heavy (non-hydrogen) atoms. The van der Waals surface area contributed by atoms with Crippen molar-refractivity contribution in [3.63, 3.8) is 0 Å². The van der Waals surface area contributed by atoms with Gasteiger partial charge in [0.2, 0.25) is 0 Å². The predicted octanol–water partition coefficient (Wildman–Crippen LogP) is 1.30. The van der Waals surface area contributed by atoms with E-state index in [9.17, 15) is 4.79 Å². The maximum atomic E-state index is 11.1. The lowest BCUT2D eigenvalue weighted by Gasteiger charge is -2.19. The van der Waals surface area contributed by atoms with Crippen LogP contribution in [0.3, 0.4) is 0 Å². The third-order valence-corrected chi connectivity index (χ3v) is 1.73. The van der Waals surface area contributed by atoms with Gasteiger partial charge in [-0.05, 0) is 14.0 Å². The first kappa shape index (κ1) is 12.2. The van der Waals surface area contributed by atoms with Crippen molar-refractivity contribution in [1.29, 1.82) is 0 Å². The molecule has 1 atom stereocenters. The molecule has 3 heteroatoms. The molecular formula is C10H19NO2. The third kappa shape index (κ3) is 5.42. The molecular weight excluding hydrogens is 166 g/mol. The van der Waals surface area contributed by atoms with Crippen molar-refractivity contribution in [2.75, 3.05) is 27.2 Å². The second-order valence-electron chi connectivity index (χ2n) is 3.58. The molecule has 0 bridgehead atoms. The maximum absolute atomic E-state index is 11.1. The fourth-order valence-electron chi connectivity index (χ4n) is 1.27. The lowest BCUT2D eigenvalue weighted by Crippen LogP contribution is -2.30. The molecule has 0 heterocycles. The van der Waals surface area contributed by atoms with Gasteiger partial charge in [-0.1, -0.05) is 19.1 Å². The van der Waals surface area contributed by atoms with Crippen LogP contribution in [0.2, 0.25) is 0 Å². The molecule has 0 aliphatic carbocycles. The summed E-state index contributed by atoms with van der Waals surface area (Å²) >= 11 is 0. The highest BCUT2D eigenvalue weighted by Gasteiger charge is 2.14. The molecule has 3 nitrogen and oxygen atoms in total. The van der Waals surface area contributed by atoms with Crippen molar-refractivity contribution in [3.05, 3.63) is 12.2 Å². The van der Waals surface area contributed by atoms with Gasteiger partial charge in [-0.3, -0.25) is 4.79 Å².